The van der Waals surface area contributed by atoms with E-state index >= 15 is 0 Å². The number of aromatic nitrogens is 3. The smallest absolute Gasteiger partial charge is 0.229 e. The van der Waals surface area contributed by atoms with Gasteiger partial charge >= 0.3 is 0 Å². The molecule has 0 unspecified atom stereocenters. The number of rotatable bonds is 4. The highest BCUT2D eigenvalue weighted by Crippen LogP contribution is 2.26. The Morgan fingerprint density at radius 3 is 2.80 bits per heavy atom. The van der Waals surface area contributed by atoms with Crippen LogP contribution in [0.3, 0.4) is 0 Å². The molecule has 0 saturated carbocycles. The summed E-state index contributed by atoms with van der Waals surface area (Å²) in [6.45, 7) is 0. The monoisotopic (exact) mass is 330 g/mol. The van der Waals surface area contributed by atoms with Crippen molar-refractivity contribution >= 4 is 22.8 Å². The van der Waals surface area contributed by atoms with Gasteiger partial charge in [0, 0.05) is 24.8 Å². The lowest BCUT2D eigenvalue weighted by Crippen LogP contribution is -2.15. The molecule has 3 heterocycles. The Labute approximate surface area is 146 Å². The van der Waals surface area contributed by atoms with Crippen LogP contribution in [-0.4, -0.2) is 20.9 Å². The van der Waals surface area contributed by atoms with Gasteiger partial charge in [0.2, 0.25) is 5.91 Å². The average Bonchev–Trinajstić information content (AvgIpc) is 3.11. The Hall–Kier alpha value is -3.47. The van der Waals surface area contributed by atoms with Gasteiger partial charge in [0.15, 0.2) is 0 Å². The van der Waals surface area contributed by atoms with Crippen LogP contribution < -0.4 is 5.32 Å². The second-order valence-corrected chi connectivity index (χ2v) is 5.72. The lowest BCUT2D eigenvalue weighted by atomic mass is 10.1. The van der Waals surface area contributed by atoms with E-state index in [0.29, 0.717) is 12.2 Å². The summed E-state index contributed by atoms with van der Waals surface area (Å²) in [5, 5.41) is 3.87. The largest absolute Gasteiger partial charge is 0.346 e. The molecule has 25 heavy (non-hydrogen) atoms. The van der Waals surface area contributed by atoms with Crippen LogP contribution in [0.15, 0.2) is 73.1 Å². The van der Waals surface area contributed by atoms with Crippen molar-refractivity contribution in [2.24, 2.45) is 0 Å². The molecule has 0 aliphatic heterocycles. The minimum absolute atomic E-state index is 0. The van der Waals surface area contributed by atoms with Gasteiger partial charge in [-0.2, -0.15) is 0 Å². The minimum Gasteiger partial charge on any atom is -0.346 e. The lowest BCUT2D eigenvalue weighted by molar-refractivity contribution is -0.115. The number of hydrogen-bond donors (Lipinski definition) is 2. The minimum atomic E-state index is -0.0858. The first-order chi connectivity index (χ1) is 12.3. The van der Waals surface area contributed by atoms with E-state index in [2.05, 4.69) is 20.3 Å². The van der Waals surface area contributed by atoms with Crippen molar-refractivity contribution in [1.29, 1.82) is 0 Å². The topological polar surface area (TPSA) is 70.7 Å². The molecule has 3 aromatic heterocycles. The molecule has 0 spiro atoms. The zero-order valence-electron chi connectivity index (χ0n) is 13.4. The Bertz CT molecular complexity index is 1030. The molecule has 1 amide bonds. The van der Waals surface area contributed by atoms with Crippen LogP contribution in [-0.2, 0) is 11.2 Å². The molecule has 4 rings (SSSR count). The highest BCUT2D eigenvalue weighted by Gasteiger charge is 2.09. The molecule has 0 radical (unpaired) electrons. The third kappa shape index (κ3) is 3.26. The fraction of sp³-hybridized carbons (Fsp3) is 0.0500. The maximum absolute atomic E-state index is 12.2. The highest BCUT2D eigenvalue weighted by molar-refractivity contribution is 5.94. The van der Waals surface area contributed by atoms with Gasteiger partial charge in [-0.15, -0.1) is 0 Å². The second kappa shape index (κ2) is 6.57. The fourth-order valence-corrected chi connectivity index (χ4v) is 2.81. The summed E-state index contributed by atoms with van der Waals surface area (Å²) in [5.41, 5.74) is 3.56. The first kappa shape index (κ1) is 15.1. The molecule has 124 valence electrons. The number of nitrogens with zero attached hydrogens (tertiary/aromatic N) is 2. The molecule has 0 saturated heterocycles. The van der Waals surface area contributed by atoms with E-state index in [4.69, 9.17) is 0 Å². The SMILES string of the molecule is O=C(Cc1ccccc1)Nc1cccc(-c2ccnc3[nH]ccc23)n1.[HH]. The van der Waals surface area contributed by atoms with Crippen LogP contribution in [0.25, 0.3) is 22.3 Å². The first-order valence-corrected chi connectivity index (χ1v) is 8.03. The normalized spacial score (nSPS) is 10.7. The number of carbonyl (C=O) groups excluding carboxylic acids is 1. The summed E-state index contributed by atoms with van der Waals surface area (Å²) in [6, 6.07) is 19.2. The van der Waals surface area contributed by atoms with Crippen molar-refractivity contribution in [2.45, 2.75) is 6.42 Å². The van der Waals surface area contributed by atoms with E-state index in [-0.39, 0.29) is 7.33 Å². The number of amides is 1. The molecular weight excluding hydrogens is 312 g/mol. The summed E-state index contributed by atoms with van der Waals surface area (Å²) in [5.74, 6) is 0.455. The average molecular weight is 330 g/mol. The maximum atomic E-state index is 12.2. The van der Waals surface area contributed by atoms with Gasteiger partial charge in [-0.25, -0.2) is 9.97 Å². The van der Waals surface area contributed by atoms with Crippen molar-refractivity contribution in [2.75, 3.05) is 5.32 Å². The van der Waals surface area contributed by atoms with E-state index < -0.39 is 0 Å². The van der Waals surface area contributed by atoms with Crippen molar-refractivity contribution in [3.05, 3.63) is 78.6 Å². The second-order valence-electron chi connectivity index (χ2n) is 5.72. The molecule has 1 aromatic carbocycles. The predicted octanol–water partition coefficient (Wildman–Crippen LogP) is 4.05. The molecule has 0 fully saturated rings. The van der Waals surface area contributed by atoms with Crippen molar-refractivity contribution in [1.82, 2.24) is 15.0 Å². The standard InChI is InChI=1S/C20H16N4O.H2/c25-19(13-14-5-2-1-3-6-14)24-18-8-4-7-17(23-18)15-9-11-21-20-16(15)10-12-22-20;/h1-12H,13H2,(H,21,22)(H,23,24,25);1H. The lowest BCUT2D eigenvalue weighted by Gasteiger charge is -2.07. The molecule has 0 aliphatic carbocycles. The predicted molar refractivity (Wildman–Crippen MR) is 100 cm³/mol. The number of H-pyrrole nitrogens is 1. The van der Waals surface area contributed by atoms with Gasteiger partial charge < -0.3 is 10.3 Å². The van der Waals surface area contributed by atoms with Gasteiger partial charge in [0.25, 0.3) is 0 Å². The van der Waals surface area contributed by atoms with Crippen LogP contribution in [0, 0.1) is 0 Å². The maximum Gasteiger partial charge on any atom is 0.229 e. The van der Waals surface area contributed by atoms with Crippen LogP contribution in [0.1, 0.15) is 6.99 Å². The Balaban J connectivity index is 0.00000196. The number of carbonyl (C=O) groups is 1. The number of benzene rings is 1. The Morgan fingerprint density at radius 1 is 1.04 bits per heavy atom. The number of hydrogen-bond acceptors (Lipinski definition) is 3. The molecule has 2 N–H and O–H groups in total. The van der Waals surface area contributed by atoms with Crippen molar-refractivity contribution < 1.29 is 6.22 Å². The zero-order chi connectivity index (χ0) is 17.1. The third-order valence-electron chi connectivity index (χ3n) is 3.96. The summed E-state index contributed by atoms with van der Waals surface area (Å²) in [7, 11) is 0. The first-order valence-electron chi connectivity index (χ1n) is 8.03. The Morgan fingerprint density at radius 2 is 1.92 bits per heavy atom. The molecule has 5 nitrogen and oxygen atoms in total. The van der Waals surface area contributed by atoms with Crippen LogP contribution in [0.2, 0.25) is 0 Å². The van der Waals surface area contributed by atoms with Crippen LogP contribution in [0.5, 0.6) is 0 Å². The third-order valence-corrected chi connectivity index (χ3v) is 3.96. The molecule has 0 atom stereocenters. The number of fused-ring (bicyclic) bond motifs is 1. The van der Waals surface area contributed by atoms with Crippen LogP contribution in [0.4, 0.5) is 5.82 Å². The van der Waals surface area contributed by atoms with Gasteiger partial charge in [-0.05, 0) is 29.8 Å². The van der Waals surface area contributed by atoms with E-state index in [9.17, 15) is 4.79 Å². The fourth-order valence-electron chi connectivity index (χ4n) is 2.81. The summed E-state index contributed by atoms with van der Waals surface area (Å²) in [6.07, 6.45) is 3.92. The van der Waals surface area contributed by atoms with Crippen LogP contribution >= 0.6 is 0 Å². The summed E-state index contributed by atoms with van der Waals surface area (Å²) < 4.78 is 0. The Kier molecular flexibility index (Phi) is 3.96. The number of pyridine rings is 2. The van der Waals surface area contributed by atoms with Gasteiger partial charge in [-0.3, -0.25) is 4.79 Å². The van der Waals surface area contributed by atoms with Crippen molar-refractivity contribution in [3.8, 4) is 11.3 Å². The van der Waals surface area contributed by atoms with Gasteiger partial charge in [0.05, 0.1) is 12.1 Å². The number of aromatic amines is 1. The molecule has 4 aromatic rings. The van der Waals surface area contributed by atoms with Crippen molar-refractivity contribution in [3.63, 3.8) is 0 Å². The van der Waals surface area contributed by atoms with E-state index in [1.807, 2.05) is 60.8 Å². The number of anilines is 1. The summed E-state index contributed by atoms with van der Waals surface area (Å²) >= 11 is 0. The highest BCUT2D eigenvalue weighted by atomic mass is 16.1. The van der Waals surface area contributed by atoms with E-state index in [0.717, 1.165) is 27.9 Å². The summed E-state index contributed by atoms with van der Waals surface area (Å²) in [4.78, 5) is 24.2. The zero-order valence-corrected chi connectivity index (χ0v) is 13.4. The molecule has 5 heteroatoms. The van der Waals surface area contributed by atoms with E-state index in [1.54, 1.807) is 12.3 Å². The molecular formula is C20H18N4O. The van der Waals surface area contributed by atoms with Gasteiger partial charge in [-0.1, -0.05) is 36.4 Å². The number of nitrogens with one attached hydrogen (secondary N) is 2. The van der Waals surface area contributed by atoms with Gasteiger partial charge in [0.1, 0.15) is 11.5 Å². The quantitative estimate of drug-likeness (QED) is 0.593. The molecule has 0 bridgehead atoms. The molecule has 0 aliphatic rings. The van der Waals surface area contributed by atoms with E-state index in [1.165, 1.54) is 0 Å².